The van der Waals surface area contributed by atoms with Crippen molar-refractivity contribution in [2.24, 2.45) is 5.92 Å². The zero-order valence-corrected chi connectivity index (χ0v) is 11.9. The quantitative estimate of drug-likeness (QED) is 0.792. The number of aromatic nitrogens is 1. The zero-order valence-electron chi connectivity index (χ0n) is 11.9. The molecular formula is C16H22N2O. The van der Waals surface area contributed by atoms with Crippen LogP contribution in [0.5, 0.6) is 5.75 Å². The highest BCUT2D eigenvalue weighted by Crippen LogP contribution is 2.28. The fraction of sp³-hybridized carbons (Fsp3) is 0.438. The van der Waals surface area contributed by atoms with Crippen molar-refractivity contribution in [3.8, 4) is 5.75 Å². The molecule has 0 aliphatic heterocycles. The Labute approximate surface area is 115 Å². The van der Waals surface area contributed by atoms with Gasteiger partial charge in [-0.1, -0.05) is 26.0 Å². The van der Waals surface area contributed by atoms with Crippen LogP contribution in [0.15, 0.2) is 30.5 Å². The average Bonchev–Trinajstić information content (AvgIpc) is 2.42. The van der Waals surface area contributed by atoms with Crippen LogP contribution in [0, 0.1) is 5.92 Å². The second-order valence-electron chi connectivity index (χ2n) is 5.18. The van der Waals surface area contributed by atoms with Crippen molar-refractivity contribution in [2.45, 2.75) is 26.7 Å². The van der Waals surface area contributed by atoms with E-state index in [1.165, 1.54) is 12.8 Å². The van der Waals surface area contributed by atoms with Crippen LogP contribution in [0.4, 0.5) is 5.82 Å². The third-order valence-corrected chi connectivity index (χ3v) is 3.24. The monoisotopic (exact) mass is 258 g/mol. The minimum absolute atomic E-state index is 0.752. The standard InChI is InChI=1S/C16H22N2O/c1-12(2)6-5-10-17-16-14-7-4-8-15(19-3)13(14)9-11-18-16/h4,7-9,11-12H,5-6,10H2,1-3H3,(H,17,18). The molecule has 3 heteroatoms. The van der Waals surface area contributed by atoms with E-state index in [1.54, 1.807) is 7.11 Å². The van der Waals surface area contributed by atoms with Gasteiger partial charge < -0.3 is 10.1 Å². The predicted molar refractivity (Wildman–Crippen MR) is 80.9 cm³/mol. The van der Waals surface area contributed by atoms with E-state index in [9.17, 15) is 0 Å². The molecule has 1 aromatic carbocycles. The molecule has 1 aromatic heterocycles. The maximum Gasteiger partial charge on any atom is 0.133 e. The van der Waals surface area contributed by atoms with E-state index in [4.69, 9.17) is 4.74 Å². The van der Waals surface area contributed by atoms with E-state index < -0.39 is 0 Å². The van der Waals surface area contributed by atoms with Crippen molar-refractivity contribution in [2.75, 3.05) is 19.0 Å². The lowest BCUT2D eigenvalue weighted by Gasteiger charge is -2.11. The molecule has 0 atom stereocenters. The van der Waals surface area contributed by atoms with Gasteiger partial charge in [0.2, 0.25) is 0 Å². The SMILES string of the molecule is COc1cccc2c(NCCCC(C)C)nccc12. The van der Waals surface area contributed by atoms with Crippen molar-refractivity contribution in [3.63, 3.8) is 0 Å². The van der Waals surface area contributed by atoms with Gasteiger partial charge in [0.25, 0.3) is 0 Å². The normalized spacial score (nSPS) is 10.9. The van der Waals surface area contributed by atoms with Crippen LogP contribution >= 0.6 is 0 Å². The summed E-state index contributed by atoms with van der Waals surface area (Å²) < 4.78 is 5.38. The minimum Gasteiger partial charge on any atom is -0.496 e. The first-order valence-corrected chi connectivity index (χ1v) is 6.88. The van der Waals surface area contributed by atoms with Crippen molar-refractivity contribution < 1.29 is 4.74 Å². The molecule has 19 heavy (non-hydrogen) atoms. The average molecular weight is 258 g/mol. The summed E-state index contributed by atoms with van der Waals surface area (Å²) in [6, 6.07) is 8.05. The van der Waals surface area contributed by atoms with Crippen LogP contribution in [0.1, 0.15) is 26.7 Å². The van der Waals surface area contributed by atoms with Crippen LogP contribution in [-0.2, 0) is 0 Å². The number of ether oxygens (including phenoxy) is 1. The zero-order chi connectivity index (χ0) is 13.7. The van der Waals surface area contributed by atoms with Crippen molar-refractivity contribution in [1.29, 1.82) is 0 Å². The first-order valence-electron chi connectivity index (χ1n) is 6.88. The Morgan fingerprint density at radius 3 is 2.79 bits per heavy atom. The molecule has 2 aromatic rings. The van der Waals surface area contributed by atoms with E-state index in [0.717, 1.165) is 34.8 Å². The Bertz CT molecular complexity index is 537. The minimum atomic E-state index is 0.752. The summed E-state index contributed by atoms with van der Waals surface area (Å²) >= 11 is 0. The Morgan fingerprint density at radius 2 is 2.05 bits per heavy atom. The first-order chi connectivity index (χ1) is 9.22. The summed E-state index contributed by atoms with van der Waals surface area (Å²) in [5, 5.41) is 5.65. The van der Waals surface area contributed by atoms with E-state index in [-0.39, 0.29) is 0 Å². The molecule has 0 radical (unpaired) electrons. The largest absolute Gasteiger partial charge is 0.496 e. The summed E-state index contributed by atoms with van der Waals surface area (Å²) in [6.45, 7) is 5.46. The Balaban J connectivity index is 2.15. The van der Waals surface area contributed by atoms with Gasteiger partial charge in [-0.15, -0.1) is 0 Å². The number of nitrogens with one attached hydrogen (secondary N) is 1. The molecule has 0 unspecified atom stereocenters. The van der Waals surface area contributed by atoms with Gasteiger partial charge >= 0.3 is 0 Å². The second kappa shape index (κ2) is 6.41. The highest BCUT2D eigenvalue weighted by Gasteiger charge is 2.05. The molecule has 0 fully saturated rings. The Morgan fingerprint density at radius 1 is 1.21 bits per heavy atom. The van der Waals surface area contributed by atoms with E-state index in [1.807, 2.05) is 24.4 Å². The second-order valence-corrected chi connectivity index (χ2v) is 5.18. The molecule has 0 aliphatic rings. The Kier molecular flexibility index (Phi) is 4.61. The number of hydrogen-bond donors (Lipinski definition) is 1. The number of anilines is 1. The number of rotatable bonds is 6. The van der Waals surface area contributed by atoms with Crippen LogP contribution in [0.3, 0.4) is 0 Å². The molecule has 0 aliphatic carbocycles. The summed E-state index contributed by atoms with van der Waals surface area (Å²) in [4.78, 5) is 4.43. The van der Waals surface area contributed by atoms with E-state index in [0.29, 0.717) is 0 Å². The molecule has 102 valence electrons. The van der Waals surface area contributed by atoms with Gasteiger partial charge in [0, 0.05) is 23.5 Å². The molecule has 0 saturated heterocycles. The number of pyridine rings is 1. The van der Waals surface area contributed by atoms with Gasteiger partial charge in [-0.05, 0) is 30.9 Å². The number of methoxy groups -OCH3 is 1. The lowest BCUT2D eigenvalue weighted by atomic mass is 10.1. The molecule has 0 saturated carbocycles. The van der Waals surface area contributed by atoms with Crippen LogP contribution in [0.25, 0.3) is 10.8 Å². The topological polar surface area (TPSA) is 34.1 Å². The number of nitrogens with zero attached hydrogens (tertiary/aromatic N) is 1. The molecular weight excluding hydrogens is 236 g/mol. The van der Waals surface area contributed by atoms with Gasteiger partial charge in [-0.2, -0.15) is 0 Å². The first kappa shape index (κ1) is 13.7. The third-order valence-electron chi connectivity index (χ3n) is 3.24. The molecule has 0 bridgehead atoms. The molecule has 0 spiro atoms. The predicted octanol–water partition coefficient (Wildman–Crippen LogP) is 4.09. The van der Waals surface area contributed by atoms with Gasteiger partial charge in [0.05, 0.1) is 7.11 Å². The summed E-state index contributed by atoms with van der Waals surface area (Å²) in [7, 11) is 1.70. The molecule has 0 amide bonds. The maximum absolute atomic E-state index is 5.38. The highest BCUT2D eigenvalue weighted by atomic mass is 16.5. The summed E-state index contributed by atoms with van der Waals surface area (Å²) in [5.74, 6) is 2.59. The van der Waals surface area contributed by atoms with Crippen LogP contribution in [0.2, 0.25) is 0 Å². The van der Waals surface area contributed by atoms with Gasteiger partial charge in [0.1, 0.15) is 11.6 Å². The van der Waals surface area contributed by atoms with Gasteiger partial charge in [-0.3, -0.25) is 0 Å². The van der Waals surface area contributed by atoms with Crippen molar-refractivity contribution in [3.05, 3.63) is 30.5 Å². The fourth-order valence-electron chi connectivity index (χ4n) is 2.21. The smallest absolute Gasteiger partial charge is 0.133 e. The molecule has 1 N–H and O–H groups in total. The molecule has 3 nitrogen and oxygen atoms in total. The molecule has 1 heterocycles. The summed E-state index contributed by atoms with van der Waals surface area (Å²) in [5.41, 5.74) is 0. The molecule has 2 rings (SSSR count). The highest BCUT2D eigenvalue weighted by molar-refractivity contribution is 5.95. The third kappa shape index (κ3) is 3.37. The summed E-state index contributed by atoms with van der Waals surface area (Å²) in [6.07, 6.45) is 4.23. The van der Waals surface area contributed by atoms with E-state index >= 15 is 0 Å². The van der Waals surface area contributed by atoms with Crippen molar-refractivity contribution in [1.82, 2.24) is 4.98 Å². The Hall–Kier alpha value is -1.77. The lowest BCUT2D eigenvalue weighted by molar-refractivity contribution is 0.420. The van der Waals surface area contributed by atoms with Crippen LogP contribution in [-0.4, -0.2) is 18.6 Å². The van der Waals surface area contributed by atoms with Crippen molar-refractivity contribution >= 4 is 16.6 Å². The lowest BCUT2D eigenvalue weighted by Crippen LogP contribution is -2.05. The number of fused-ring (bicyclic) bond motifs is 1. The van der Waals surface area contributed by atoms with Crippen LogP contribution < -0.4 is 10.1 Å². The fourth-order valence-corrected chi connectivity index (χ4v) is 2.21. The van der Waals surface area contributed by atoms with Gasteiger partial charge in [-0.25, -0.2) is 4.98 Å². The number of hydrogen-bond acceptors (Lipinski definition) is 3. The van der Waals surface area contributed by atoms with Gasteiger partial charge in [0.15, 0.2) is 0 Å². The van der Waals surface area contributed by atoms with E-state index in [2.05, 4.69) is 30.2 Å². The number of benzene rings is 1. The maximum atomic E-state index is 5.38.